The lowest BCUT2D eigenvalue weighted by Gasteiger charge is -2.32. The Morgan fingerprint density at radius 2 is 1.42 bits per heavy atom. The van der Waals surface area contributed by atoms with Crippen molar-refractivity contribution in [3.05, 3.63) is 60.2 Å². The summed E-state index contributed by atoms with van der Waals surface area (Å²) in [5.41, 5.74) is 2.29. The van der Waals surface area contributed by atoms with E-state index in [1.54, 1.807) is 0 Å². The van der Waals surface area contributed by atoms with Crippen molar-refractivity contribution in [1.82, 2.24) is 5.32 Å². The highest BCUT2D eigenvalue weighted by Gasteiger charge is 2.50. The van der Waals surface area contributed by atoms with E-state index in [9.17, 15) is 4.79 Å². The maximum atomic E-state index is 12.8. The van der Waals surface area contributed by atoms with Crippen molar-refractivity contribution in [2.24, 2.45) is 5.41 Å². The van der Waals surface area contributed by atoms with Crippen LogP contribution in [-0.2, 0) is 14.1 Å². The Morgan fingerprint density at radius 1 is 0.903 bits per heavy atom. The number of carbonyl (C=O) groups is 1. The SMILES string of the molecule is CC(C)(C)C(=O)N[C@@H](CCB1OC(C)(C)C(C)(C)O1)c1ccc(-c2ccccc2)cc1. The van der Waals surface area contributed by atoms with Crippen LogP contribution in [0.4, 0.5) is 0 Å². The topological polar surface area (TPSA) is 47.6 Å². The van der Waals surface area contributed by atoms with E-state index in [0.29, 0.717) is 6.32 Å². The molecular weight excluding hydrogens is 385 g/mol. The van der Waals surface area contributed by atoms with Crippen LogP contribution < -0.4 is 5.32 Å². The van der Waals surface area contributed by atoms with Crippen molar-refractivity contribution in [1.29, 1.82) is 0 Å². The monoisotopic (exact) mass is 421 g/mol. The van der Waals surface area contributed by atoms with Crippen molar-refractivity contribution in [3.8, 4) is 11.1 Å². The molecule has 0 spiro atoms. The Kier molecular flexibility index (Phi) is 6.68. The molecule has 1 heterocycles. The van der Waals surface area contributed by atoms with E-state index in [-0.39, 0.29) is 30.3 Å². The highest BCUT2D eigenvalue weighted by molar-refractivity contribution is 6.45. The molecule has 0 radical (unpaired) electrons. The van der Waals surface area contributed by atoms with E-state index in [0.717, 1.165) is 17.5 Å². The predicted octanol–water partition coefficient (Wildman–Crippen LogP) is 6.04. The highest BCUT2D eigenvalue weighted by atomic mass is 16.7. The first-order valence-corrected chi connectivity index (χ1v) is 11.2. The lowest BCUT2D eigenvalue weighted by Crippen LogP contribution is -2.41. The van der Waals surface area contributed by atoms with Crippen LogP contribution in [0.2, 0.25) is 6.32 Å². The molecule has 2 aromatic carbocycles. The number of amides is 1. The van der Waals surface area contributed by atoms with Crippen molar-refractivity contribution < 1.29 is 14.1 Å². The Balaban J connectivity index is 1.76. The largest absolute Gasteiger partial charge is 0.457 e. The molecule has 0 aliphatic carbocycles. The maximum absolute atomic E-state index is 12.8. The normalized spacial score (nSPS) is 18.6. The van der Waals surface area contributed by atoms with E-state index in [2.05, 4.69) is 69.4 Å². The van der Waals surface area contributed by atoms with Crippen molar-refractivity contribution >= 4 is 13.0 Å². The van der Waals surface area contributed by atoms with Gasteiger partial charge in [0.05, 0.1) is 17.2 Å². The third-order valence-electron chi connectivity index (χ3n) is 6.40. The molecule has 0 bridgehead atoms. The second-order valence-electron chi connectivity index (χ2n) is 10.5. The third kappa shape index (κ3) is 5.58. The Labute approximate surface area is 187 Å². The van der Waals surface area contributed by atoms with Crippen LogP contribution in [0.1, 0.15) is 66.5 Å². The Bertz CT molecular complexity index is 869. The summed E-state index contributed by atoms with van der Waals surface area (Å²) in [6, 6.07) is 18.7. The Hall–Kier alpha value is -2.11. The molecule has 166 valence electrons. The molecule has 1 atom stereocenters. The molecule has 5 heteroatoms. The number of hydrogen-bond donors (Lipinski definition) is 1. The summed E-state index contributed by atoms with van der Waals surface area (Å²) < 4.78 is 12.3. The fourth-order valence-corrected chi connectivity index (χ4v) is 3.62. The predicted molar refractivity (Wildman–Crippen MR) is 128 cm³/mol. The zero-order valence-electron chi connectivity index (χ0n) is 20.0. The van der Waals surface area contributed by atoms with Gasteiger partial charge in [0.2, 0.25) is 5.91 Å². The lowest BCUT2D eigenvalue weighted by atomic mass is 9.80. The first-order valence-electron chi connectivity index (χ1n) is 11.2. The minimum atomic E-state index is -0.452. The Morgan fingerprint density at radius 3 is 1.94 bits per heavy atom. The quantitative estimate of drug-likeness (QED) is 0.579. The van der Waals surface area contributed by atoms with Crippen molar-refractivity contribution in [2.75, 3.05) is 0 Å². The minimum absolute atomic E-state index is 0.0403. The number of nitrogens with one attached hydrogen (secondary N) is 1. The van der Waals surface area contributed by atoms with Gasteiger partial charge in [-0.05, 0) is 57.1 Å². The molecule has 0 aromatic heterocycles. The zero-order chi connectivity index (χ0) is 22.9. The fraction of sp³-hybridized carbons (Fsp3) is 0.500. The average Bonchev–Trinajstić information content (AvgIpc) is 2.91. The average molecular weight is 421 g/mol. The van der Waals surface area contributed by atoms with Gasteiger partial charge in [-0.15, -0.1) is 0 Å². The van der Waals surface area contributed by atoms with Gasteiger partial charge in [-0.2, -0.15) is 0 Å². The number of rotatable bonds is 6. The van der Waals surface area contributed by atoms with E-state index >= 15 is 0 Å². The molecule has 4 nitrogen and oxygen atoms in total. The smallest absolute Gasteiger partial charge is 0.403 e. The molecule has 1 amide bonds. The van der Waals surface area contributed by atoms with Crippen LogP contribution in [0, 0.1) is 5.41 Å². The van der Waals surface area contributed by atoms with Crippen LogP contribution in [-0.4, -0.2) is 24.2 Å². The standard InChI is InChI=1S/C26H36BNO3/c1-24(2,3)23(29)28-22(17-18-27-30-25(4,5)26(6,7)31-27)21-15-13-20(14-16-21)19-11-9-8-10-12-19/h8-16,22H,17-18H2,1-7H3,(H,28,29)/t22-/m0/s1. The number of benzene rings is 2. The highest BCUT2D eigenvalue weighted by Crippen LogP contribution is 2.39. The second kappa shape index (κ2) is 8.80. The summed E-state index contributed by atoms with van der Waals surface area (Å²) in [4.78, 5) is 12.8. The van der Waals surface area contributed by atoms with Gasteiger partial charge >= 0.3 is 7.12 Å². The molecule has 31 heavy (non-hydrogen) atoms. The van der Waals surface area contributed by atoms with Gasteiger partial charge in [-0.25, -0.2) is 0 Å². The molecule has 1 aliphatic rings. The van der Waals surface area contributed by atoms with E-state index < -0.39 is 5.41 Å². The molecule has 2 aromatic rings. The molecule has 0 saturated carbocycles. The molecular formula is C26H36BNO3. The van der Waals surface area contributed by atoms with E-state index in [4.69, 9.17) is 9.31 Å². The van der Waals surface area contributed by atoms with E-state index in [1.807, 2.05) is 39.0 Å². The maximum Gasteiger partial charge on any atom is 0.457 e. The molecule has 1 aliphatic heterocycles. The molecule has 1 fully saturated rings. The minimum Gasteiger partial charge on any atom is -0.403 e. The second-order valence-corrected chi connectivity index (χ2v) is 10.5. The summed E-state index contributed by atoms with van der Waals surface area (Å²) in [6.45, 7) is 14.1. The molecule has 3 rings (SSSR count). The van der Waals surface area contributed by atoms with Crippen LogP contribution >= 0.6 is 0 Å². The summed E-state index contributed by atoms with van der Waals surface area (Å²) in [5, 5.41) is 3.25. The lowest BCUT2D eigenvalue weighted by molar-refractivity contribution is -0.129. The third-order valence-corrected chi connectivity index (χ3v) is 6.40. The summed E-state index contributed by atoms with van der Waals surface area (Å²) in [6.07, 6.45) is 1.45. The van der Waals surface area contributed by atoms with Gasteiger partial charge in [0.1, 0.15) is 0 Å². The van der Waals surface area contributed by atoms with Crippen LogP contribution in [0.3, 0.4) is 0 Å². The van der Waals surface area contributed by atoms with Gasteiger partial charge in [0.15, 0.2) is 0 Å². The van der Waals surface area contributed by atoms with Gasteiger partial charge in [-0.3, -0.25) is 4.79 Å². The fourth-order valence-electron chi connectivity index (χ4n) is 3.62. The van der Waals surface area contributed by atoms with Gasteiger partial charge in [-0.1, -0.05) is 75.4 Å². The summed E-state index contributed by atoms with van der Waals surface area (Å²) in [7, 11) is -0.275. The molecule has 1 saturated heterocycles. The molecule has 0 unspecified atom stereocenters. The summed E-state index contributed by atoms with van der Waals surface area (Å²) >= 11 is 0. The van der Waals surface area contributed by atoms with Crippen LogP contribution in [0.15, 0.2) is 54.6 Å². The van der Waals surface area contributed by atoms with Crippen LogP contribution in [0.25, 0.3) is 11.1 Å². The van der Waals surface area contributed by atoms with Crippen molar-refractivity contribution in [2.45, 2.75) is 78.5 Å². The molecule has 1 N–H and O–H groups in total. The number of carbonyl (C=O) groups excluding carboxylic acids is 1. The first-order chi connectivity index (χ1) is 14.4. The van der Waals surface area contributed by atoms with E-state index in [1.165, 1.54) is 5.56 Å². The first kappa shape index (κ1) is 23.6. The zero-order valence-corrected chi connectivity index (χ0v) is 20.0. The van der Waals surface area contributed by atoms with Crippen molar-refractivity contribution in [3.63, 3.8) is 0 Å². The van der Waals surface area contributed by atoms with Crippen LogP contribution in [0.5, 0.6) is 0 Å². The van der Waals surface area contributed by atoms with Gasteiger partial charge in [0.25, 0.3) is 0 Å². The van der Waals surface area contributed by atoms with Gasteiger partial charge in [0, 0.05) is 5.41 Å². The van der Waals surface area contributed by atoms with Gasteiger partial charge < -0.3 is 14.6 Å². The number of hydrogen-bond acceptors (Lipinski definition) is 3. The summed E-state index contributed by atoms with van der Waals surface area (Å²) in [5.74, 6) is 0.0403.